The number of esters is 1. The first-order valence-corrected chi connectivity index (χ1v) is 10.4. The fraction of sp³-hybridized carbons (Fsp3) is 0.500. The van der Waals surface area contributed by atoms with E-state index in [-0.39, 0.29) is 13.1 Å². The molecule has 30 heavy (non-hydrogen) atoms. The Morgan fingerprint density at radius 2 is 1.60 bits per heavy atom. The van der Waals surface area contributed by atoms with Crippen LogP contribution in [0.4, 0.5) is 4.79 Å². The molecular formula is C20H26IN5O4. The number of benzene rings is 1. The third-order valence-electron chi connectivity index (χ3n) is 3.47. The molecule has 0 aliphatic carbocycles. The molecule has 0 saturated heterocycles. The average molecular weight is 527 g/mol. The second-order valence-electron chi connectivity index (χ2n) is 8.60. The SMILES string of the molecule is CC(C)(C)OC(=O)CN(Cc1ccc(-c2nncnn2)cc1I)C(=O)OC(C)(C)C. The lowest BCUT2D eigenvalue weighted by atomic mass is 10.1. The molecule has 1 heterocycles. The fourth-order valence-corrected chi connectivity index (χ4v) is 3.07. The number of amides is 1. The van der Waals surface area contributed by atoms with E-state index in [2.05, 4.69) is 43.0 Å². The van der Waals surface area contributed by atoms with Crippen molar-refractivity contribution in [1.82, 2.24) is 25.3 Å². The van der Waals surface area contributed by atoms with E-state index in [0.29, 0.717) is 5.82 Å². The monoisotopic (exact) mass is 527 g/mol. The second kappa shape index (κ2) is 9.63. The molecule has 1 aromatic carbocycles. The van der Waals surface area contributed by atoms with Crippen LogP contribution in [0.2, 0.25) is 0 Å². The van der Waals surface area contributed by atoms with Gasteiger partial charge in [0.25, 0.3) is 0 Å². The molecule has 2 aromatic rings. The van der Waals surface area contributed by atoms with Gasteiger partial charge in [0.2, 0.25) is 5.82 Å². The summed E-state index contributed by atoms with van der Waals surface area (Å²) >= 11 is 2.16. The number of ether oxygens (including phenoxy) is 2. The predicted octanol–water partition coefficient (Wildman–Crippen LogP) is 3.62. The molecule has 0 aliphatic rings. The van der Waals surface area contributed by atoms with Crippen molar-refractivity contribution in [3.8, 4) is 11.4 Å². The van der Waals surface area contributed by atoms with Crippen LogP contribution in [0.3, 0.4) is 0 Å². The maximum atomic E-state index is 12.7. The summed E-state index contributed by atoms with van der Waals surface area (Å²) in [7, 11) is 0. The lowest BCUT2D eigenvalue weighted by Crippen LogP contribution is -2.41. The Labute approximate surface area is 189 Å². The summed E-state index contributed by atoms with van der Waals surface area (Å²) in [6.07, 6.45) is 0.672. The largest absolute Gasteiger partial charge is 0.459 e. The van der Waals surface area contributed by atoms with Crippen LogP contribution in [0.1, 0.15) is 47.1 Å². The van der Waals surface area contributed by atoms with E-state index < -0.39 is 23.3 Å². The molecule has 0 radical (unpaired) electrons. The smallest absolute Gasteiger partial charge is 0.411 e. The molecule has 10 heteroatoms. The average Bonchev–Trinajstić information content (AvgIpc) is 2.60. The highest BCUT2D eigenvalue weighted by Crippen LogP contribution is 2.22. The molecule has 1 amide bonds. The quantitative estimate of drug-likeness (QED) is 0.429. The van der Waals surface area contributed by atoms with Crippen molar-refractivity contribution in [3.05, 3.63) is 33.7 Å². The minimum Gasteiger partial charge on any atom is -0.459 e. The van der Waals surface area contributed by atoms with E-state index in [1.54, 1.807) is 41.5 Å². The zero-order valence-corrected chi connectivity index (χ0v) is 20.1. The van der Waals surface area contributed by atoms with Crippen LogP contribution in [0.5, 0.6) is 0 Å². The Kier molecular flexibility index (Phi) is 7.67. The Morgan fingerprint density at radius 3 is 2.13 bits per heavy atom. The van der Waals surface area contributed by atoms with E-state index in [0.717, 1.165) is 14.7 Å². The minimum absolute atomic E-state index is 0.179. The standard InChI is InChI=1S/C20H26IN5O4/c1-19(2,3)29-16(27)11-26(18(28)30-20(4,5)6)10-14-8-7-13(9-15(14)21)17-24-22-12-23-25-17/h7-9,12H,10-11H2,1-6H3. The lowest BCUT2D eigenvalue weighted by Gasteiger charge is -2.28. The van der Waals surface area contributed by atoms with Crippen LogP contribution in [0.25, 0.3) is 11.4 Å². The van der Waals surface area contributed by atoms with E-state index >= 15 is 0 Å². The fourth-order valence-electron chi connectivity index (χ4n) is 2.38. The predicted molar refractivity (Wildman–Crippen MR) is 118 cm³/mol. The number of aromatic nitrogens is 4. The van der Waals surface area contributed by atoms with Gasteiger partial charge in [-0.1, -0.05) is 12.1 Å². The lowest BCUT2D eigenvalue weighted by molar-refractivity contribution is -0.156. The van der Waals surface area contributed by atoms with E-state index in [1.165, 1.54) is 11.2 Å². The van der Waals surface area contributed by atoms with Crippen molar-refractivity contribution in [2.75, 3.05) is 6.54 Å². The van der Waals surface area contributed by atoms with Gasteiger partial charge in [-0.3, -0.25) is 9.69 Å². The van der Waals surface area contributed by atoms with Crippen LogP contribution in [0.15, 0.2) is 24.5 Å². The van der Waals surface area contributed by atoms with Crippen molar-refractivity contribution in [3.63, 3.8) is 0 Å². The van der Waals surface area contributed by atoms with Crippen molar-refractivity contribution >= 4 is 34.7 Å². The first kappa shape index (κ1) is 23.9. The number of carbonyl (C=O) groups excluding carboxylic acids is 2. The van der Waals surface area contributed by atoms with Gasteiger partial charge in [0.05, 0.1) is 6.54 Å². The van der Waals surface area contributed by atoms with Crippen LogP contribution in [0, 0.1) is 3.57 Å². The molecule has 0 bridgehead atoms. The topological polar surface area (TPSA) is 107 Å². The molecule has 0 fully saturated rings. The summed E-state index contributed by atoms with van der Waals surface area (Å²) in [6, 6.07) is 5.53. The normalized spacial score (nSPS) is 11.7. The molecule has 0 unspecified atom stereocenters. The van der Waals surface area contributed by atoms with Crippen molar-refractivity contribution in [1.29, 1.82) is 0 Å². The molecule has 0 N–H and O–H groups in total. The number of hydrogen-bond acceptors (Lipinski definition) is 8. The molecule has 0 saturated carbocycles. The summed E-state index contributed by atoms with van der Waals surface area (Å²) in [4.78, 5) is 26.4. The van der Waals surface area contributed by atoms with Crippen LogP contribution in [-0.4, -0.2) is 55.1 Å². The number of nitrogens with zero attached hydrogens (tertiary/aromatic N) is 5. The van der Waals surface area contributed by atoms with Crippen molar-refractivity contribution < 1.29 is 19.1 Å². The first-order chi connectivity index (χ1) is 13.8. The Hall–Kier alpha value is -2.37. The second-order valence-corrected chi connectivity index (χ2v) is 9.76. The summed E-state index contributed by atoms with van der Waals surface area (Å²) in [5.74, 6) is -0.102. The van der Waals surface area contributed by atoms with Gasteiger partial charge in [0, 0.05) is 9.13 Å². The Bertz CT molecular complexity index is 894. The molecular weight excluding hydrogens is 501 g/mol. The maximum absolute atomic E-state index is 12.7. The number of carbonyl (C=O) groups is 2. The molecule has 0 aliphatic heterocycles. The Morgan fingerprint density at radius 1 is 1.00 bits per heavy atom. The van der Waals surface area contributed by atoms with Gasteiger partial charge in [-0.05, 0) is 75.8 Å². The minimum atomic E-state index is -0.690. The van der Waals surface area contributed by atoms with E-state index in [4.69, 9.17) is 9.47 Å². The number of halogens is 1. The van der Waals surface area contributed by atoms with Gasteiger partial charge in [0.1, 0.15) is 17.7 Å². The molecule has 2 rings (SSSR count). The Balaban J connectivity index is 2.24. The van der Waals surface area contributed by atoms with Crippen molar-refractivity contribution in [2.24, 2.45) is 0 Å². The highest BCUT2D eigenvalue weighted by molar-refractivity contribution is 14.1. The van der Waals surface area contributed by atoms with Gasteiger partial charge < -0.3 is 9.47 Å². The van der Waals surface area contributed by atoms with Gasteiger partial charge in [-0.25, -0.2) is 4.79 Å². The zero-order chi connectivity index (χ0) is 22.5. The highest BCUT2D eigenvalue weighted by Gasteiger charge is 2.27. The molecule has 9 nitrogen and oxygen atoms in total. The van der Waals surface area contributed by atoms with Gasteiger partial charge in [-0.2, -0.15) is 0 Å². The summed E-state index contributed by atoms with van der Waals surface area (Å²) in [5, 5.41) is 15.4. The molecule has 162 valence electrons. The van der Waals surface area contributed by atoms with E-state index in [1.807, 2.05) is 18.2 Å². The number of rotatable bonds is 5. The summed E-state index contributed by atoms with van der Waals surface area (Å²) < 4.78 is 11.7. The van der Waals surface area contributed by atoms with Crippen LogP contribution < -0.4 is 0 Å². The summed E-state index contributed by atoms with van der Waals surface area (Å²) in [5.41, 5.74) is 0.250. The molecule has 1 aromatic heterocycles. The highest BCUT2D eigenvalue weighted by atomic mass is 127. The zero-order valence-electron chi connectivity index (χ0n) is 18.0. The van der Waals surface area contributed by atoms with Crippen molar-refractivity contribution in [2.45, 2.75) is 59.3 Å². The third kappa shape index (κ3) is 7.81. The van der Waals surface area contributed by atoms with Gasteiger partial charge >= 0.3 is 12.1 Å². The van der Waals surface area contributed by atoms with Gasteiger partial charge in [-0.15, -0.1) is 20.4 Å². The third-order valence-corrected chi connectivity index (χ3v) is 4.48. The van der Waals surface area contributed by atoms with Gasteiger partial charge in [0.15, 0.2) is 6.33 Å². The first-order valence-electron chi connectivity index (χ1n) is 9.33. The van der Waals surface area contributed by atoms with Crippen LogP contribution in [-0.2, 0) is 20.8 Å². The number of hydrogen-bond donors (Lipinski definition) is 0. The summed E-state index contributed by atoms with van der Waals surface area (Å²) in [6.45, 7) is 10.6. The molecule has 0 spiro atoms. The maximum Gasteiger partial charge on any atom is 0.411 e. The molecule has 0 atom stereocenters. The van der Waals surface area contributed by atoms with Crippen LogP contribution >= 0.6 is 22.6 Å². The van der Waals surface area contributed by atoms with E-state index in [9.17, 15) is 9.59 Å².